The lowest BCUT2D eigenvalue weighted by atomic mass is 10.1. The van der Waals surface area contributed by atoms with Gasteiger partial charge in [-0.3, -0.25) is 4.79 Å². The number of amides is 3. The van der Waals surface area contributed by atoms with Crippen LogP contribution in [-0.2, 0) is 0 Å². The van der Waals surface area contributed by atoms with Gasteiger partial charge in [0.15, 0.2) is 0 Å². The monoisotopic (exact) mass is 398 g/mol. The second-order valence-electron chi connectivity index (χ2n) is 7.12. The molecule has 0 atom stereocenters. The minimum Gasteiger partial charge on any atom is -0.358 e. The number of urea groups is 1. The summed E-state index contributed by atoms with van der Waals surface area (Å²) in [6, 6.07) is 21.5. The highest BCUT2D eigenvalue weighted by atomic mass is 16.2. The summed E-state index contributed by atoms with van der Waals surface area (Å²) in [5, 5.41) is 9.46. The summed E-state index contributed by atoms with van der Waals surface area (Å²) in [5.41, 5.74) is 5.69. The second-order valence-corrected chi connectivity index (χ2v) is 7.12. The van der Waals surface area contributed by atoms with Crippen LogP contribution in [0, 0.1) is 13.8 Å². The minimum absolute atomic E-state index is 0.207. The molecule has 150 valence electrons. The van der Waals surface area contributed by atoms with Crippen molar-refractivity contribution in [3.05, 3.63) is 89.6 Å². The van der Waals surface area contributed by atoms with Gasteiger partial charge in [-0.1, -0.05) is 24.3 Å². The van der Waals surface area contributed by atoms with E-state index < -0.39 is 0 Å². The maximum atomic E-state index is 12.7. The maximum absolute atomic E-state index is 12.7. The molecule has 3 aromatic carbocycles. The van der Waals surface area contributed by atoms with Crippen molar-refractivity contribution in [2.45, 2.75) is 13.8 Å². The number of carbonyl (C=O) groups is 2. The molecule has 0 aliphatic heterocycles. The molecule has 6 heteroatoms. The molecule has 6 nitrogen and oxygen atoms in total. The maximum Gasteiger partial charge on any atom is 0.323 e. The van der Waals surface area contributed by atoms with Crippen molar-refractivity contribution in [2.75, 3.05) is 16.0 Å². The Kier molecular flexibility index (Phi) is 5.22. The third kappa shape index (κ3) is 4.17. The normalized spacial score (nSPS) is 10.6. The number of H-pyrrole nitrogens is 1. The van der Waals surface area contributed by atoms with Crippen LogP contribution in [0.1, 0.15) is 21.6 Å². The van der Waals surface area contributed by atoms with Crippen LogP contribution in [0.25, 0.3) is 10.9 Å². The first kappa shape index (κ1) is 19.3. The van der Waals surface area contributed by atoms with E-state index in [-0.39, 0.29) is 11.9 Å². The molecule has 30 heavy (non-hydrogen) atoms. The highest BCUT2D eigenvalue weighted by molar-refractivity contribution is 6.07. The molecule has 0 saturated heterocycles. The van der Waals surface area contributed by atoms with Gasteiger partial charge in [-0.15, -0.1) is 0 Å². The van der Waals surface area contributed by atoms with E-state index in [1.807, 2.05) is 44.2 Å². The number of hydrogen-bond acceptors (Lipinski definition) is 2. The third-order valence-electron chi connectivity index (χ3n) is 4.98. The molecule has 0 spiro atoms. The molecule has 0 saturated carbocycles. The number of anilines is 3. The van der Waals surface area contributed by atoms with Crippen LogP contribution < -0.4 is 16.0 Å². The van der Waals surface area contributed by atoms with Crippen LogP contribution in [0.3, 0.4) is 0 Å². The summed E-state index contributed by atoms with van der Waals surface area (Å²) in [6.45, 7) is 4.05. The third-order valence-corrected chi connectivity index (χ3v) is 4.98. The van der Waals surface area contributed by atoms with Gasteiger partial charge in [0.1, 0.15) is 0 Å². The molecule has 0 aliphatic carbocycles. The fourth-order valence-corrected chi connectivity index (χ4v) is 3.30. The molecule has 1 heterocycles. The first-order valence-corrected chi connectivity index (χ1v) is 9.63. The number of benzene rings is 3. The Morgan fingerprint density at radius 3 is 2.17 bits per heavy atom. The molecule has 4 aromatic rings. The summed E-state index contributed by atoms with van der Waals surface area (Å²) >= 11 is 0. The van der Waals surface area contributed by atoms with Gasteiger partial charge >= 0.3 is 6.03 Å². The lowest BCUT2D eigenvalue weighted by molar-refractivity contribution is 0.102. The number of hydrogen-bond donors (Lipinski definition) is 4. The standard InChI is InChI=1S/C24H22N4O2/c1-15-16(2)25-22-12-11-17(13-21(15)22)23(29)26-19-9-6-10-20(14-19)28-24(30)27-18-7-4-3-5-8-18/h3-14,25H,1-2H3,(H,26,29)(H2,27,28,30). The van der Waals surface area contributed by atoms with Gasteiger partial charge in [-0.25, -0.2) is 4.79 Å². The zero-order chi connectivity index (χ0) is 21.1. The van der Waals surface area contributed by atoms with E-state index in [2.05, 4.69) is 20.9 Å². The SMILES string of the molecule is Cc1[nH]c2ccc(C(=O)Nc3cccc(NC(=O)Nc4ccccc4)c3)cc2c1C. The van der Waals surface area contributed by atoms with Crippen LogP contribution in [0.15, 0.2) is 72.8 Å². The molecule has 0 fully saturated rings. The van der Waals surface area contributed by atoms with Gasteiger partial charge in [0, 0.05) is 39.2 Å². The average Bonchev–Trinajstić information content (AvgIpc) is 3.02. The van der Waals surface area contributed by atoms with E-state index in [0.29, 0.717) is 22.6 Å². The molecule has 4 N–H and O–H groups in total. The summed E-state index contributed by atoms with van der Waals surface area (Å²) in [7, 11) is 0. The number of aryl methyl sites for hydroxylation is 2. The summed E-state index contributed by atoms with van der Waals surface area (Å²) in [5.74, 6) is -0.207. The first-order chi connectivity index (χ1) is 14.5. The first-order valence-electron chi connectivity index (χ1n) is 9.63. The summed E-state index contributed by atoms with van der Waals surface area (Å²) in [4.78, 5) is 28.2. The predicted octanol–water partition coefficient (Wildman–Crippen LogP) is 5.68. The number of nitrogens with one attached hydrogen (secondary N) is 4. The second kappa shape index (κ2) is 8.13. The van der Waals surface area contributed by atoms with Gasteiger partial charge in [0.2, 0.25) is 0 Å². The van der Waals surface area contributed by atoms with Crippen molar-refractivity contribution in [2.24, 2.45) is 0 Å². The fourth-order valence-electron chi connectivity index (χ4n) is 3.30. The Hall–Kier alpha value is -4.06. The van der Waals surface area contributed by atoms with E-state index in [0.717, 1.165) is 22.2 Å². The quantitative estimate of drug-likeness (QED) is 0.356. The molecule has 4 rings (SSSR count). The van der Waals surface area contributed by atoms with Gasteiger partial charge in [-0.2, -0.15) is 0 Å². The number of aromatic amines is 1. The number of aromatic nitrogens is 1. The lowest BCUT2D eigenvalue weighted by Crippen LogP contribution is -2.19. The Morgan fingerprint density at radius 2 is 1.40 bits per heavy atom. The Morgan fingerprint density at radius 1 is 0.733 bits per heavy atom. The summed E-state index contributed by atoms with van der Waals surface area (Å²) < 4.78 is 0. The predicted molar refractivity (Wildman–Crippen MR) is 121 cm³/mol. The number of para-hydroxylation sites is 1. The zero-order valence-electron chi connectivity index (χ0n) is 16.7. The van der Waals surface area contributed by atoms with Crippen molar-refractivity contribution >= 4 is 39.9 Å². The van der Waals surface area contributed by atoms with Crippen LogP contribution in [0.4, 0.5) is 21.9 Å². The van der Waals surface area contributed by atoms with Crippen LogP contribution in [-0.4, -0.2) is 16.9 Å². The topological polar surface area (TPSA) is 86.0 Å². The van der Waals surface area contributed by atoms with E-state index in [1.165, 1.54) is 0 Å². The molecule has 0 aliphatic rings. The number of carbonyl (C=O) groups excluding carboxylic acids is 2. The van der Waals surface area contributed by atoms with E-state index >= 15 is 0 Å². The van der Waals surface area contributed by atoms with Crippen molar-refractivity contribution in [1.29, 1.82) is 0 Å². The van der Waals surface area contributed by atoms with Crippen LogP contribution >= 0.6 is 0 Å². The highest BCUT2D eigenvalue weighted by Gasteiger charge is 2.11. The number of rotatable bonds is 4. The van der Waals surface area contributed by atoms with Crippen molar-refractivity contribution in [3.63, 3.8) is 0 Å². The average molecular weight is 398 g/mol. The fraction of sp³-hybridized carbons (Fsp3) is 0.0833. The zero-order valence-corrected chi connectivity index (χ0v) is 16.7. The molecule has 0 bridgehead atoms. The Bertz CT molecular complexity index is 1230. The Balaban J connectivity index is 1.45. The lowest BCUT2D eigenvalue weighted by Gasteiger charge is -2.10. The largest absolute Gasteiger partial charge is 0.358 e. The minimum atomic E-state index is -0.353. The van der Waals surface area contributed by atoms with Crippen molar-refractivity contribution < 1.29 is 9.59 Å². The van der Waals surface area contributed by atoms with Crippen molar-refractivity contribution in [1.82, 2.24) is 4.98 Å². The van der Waals surface area contributed by atoms with Gasteiger partial charge in [0.05, 0.1) is 0 Å². The number of fused-ring (bicyclic) bond motifs is 1. The molecular formula is C24H22N4O2. The summed E-state index contributed by atoms with van der Waals surface area (Å²) in [6.07, 6.45) is 0. The van der Waals surface area contributed by atoms with E-state index in [9.17, 15) is 9.59 Å². The van der Waals surface area contributed by atoms with Gasteiger partial charge in [0.25, 0.3) is 5.91 Å². The Labute approximate surface area is 174 Å². The van der Waals surface area contributed by atoms with Crippen LogP contribution in [0.5, 0.6) is 0 Å². The highest BCUT2D eigenvalue weighted by Crippen LogP contribution is 2.23. The van der Waals surface area contributed by atoms with E-state index in [4.69, 9.17) is 0 Å². The molecule has 0 radical (unpaired) electrons. The molecular weight excluding hydrogens is 376 g/mol. The molecule has 3 amide bonds. The van der Waals surface area contributed by atoms with Gasteiger partial charge < -0.3 is 20.9 Å². The molecule has 0 unspecified atom stereocenters. The van der Waals surface area contributed by atoms with Gasteiger partial charge in [-0.05, 0) is 67.9 Å². The van der Waals surface area contributed by atoms with Crippen molar-refractivity contribution in [3.8, 4) is 0 Å². The molecule has 1 aromatic heterocycles. The van der Waals surface area contributed by atoms with E-state index in [1.54, 1.807) is 42.5 Å². The van der Waals surface area contributed by atoms with Crippen LogP contribution in [0.2, 0.25) is 0 Å². The smallest absolute Gasteiger partial charge is 0.323 e.